The van der Waals surface area contributed by atoms with Gasteiger partial charge in [0.05, 0.1) is 49.1 Å². The highest BCUT2D eigenvalue weighted by atomic mass is 19.3. The molecule has 2 N–H and O–H groups in total. The molecule has 0 spiro atoms. The molecular weight excluding hydrogens is 801 g/mol. The molecule has 2 bridgehead atoms. The maximum atomic E-state index is 15.6. The topological polar surface area (TPSA) is 157 Å². The second-order valence-corrected chi connectivity index (χ2v) is 17.2. The molecule has 2 amide bonds. The van der Waals surface area contributed by atoms with E-state index in [9.17, 15) is 23.5 Å². The van der Waals surface area contributed by atoms with Crippen LogP contribution in [0.15, 0.2) is 67.4 Å². The third-order valence-electron chi connectivity index (χ3n) is 10.9. The number of anilines is 2. The summed E-state index contributed by atoms with van der Waals surface area (Å²) in [7, 11) is 1.22. The summed E-state index contributed by atoms with van der Waals surface area (Å²) in [5, 5.41) is 14.6. The van der Waals surface area contributed by atoms with E-state index in [4.69, 9.17) is 14.2 Å². The zero-order valence-corrected chi connectivity index (χ0v) is 34.8. The summed E-state index contributed by atoms with van der Waals surface area (Å²) in [6.07, 6.45) is -2.22. The molecule has 18 heteroatoms. The van der Waals surface area contributed by atoms with Crippen molar-refractivity contribution in [1.82, 2.24) is 29.8 Å². The number of ether oxygens (including phenoxy) is 3. The number of hydrogen-bond donors (Lipinski definition) is 2. The Hall–Kier alpha value is -5.88. The first-order valence-electron chi connectivity index (χ1n) is 19.8. The van der Waals surface area contributed by atoms with E-state index in [1.54, 1.807) is 52.2 Å². The number of fused-ring (bicyclic) bond motifs is 3. The molecule has 1 aliphatic carbocycles. The number of methoxy groups -OCH3 is 1. The normalized spacial score (nSPS) is 19.4. The summed E-state index contributed by atoms with van der Waals surface area (Å²) in [5.41, 5.74) is -1.50. The summed E-state index contributed by atoms with van der Waals surface area (Å²) >= 11 is 0. The number of imidazole rings is 1. The Bertz CT molecular complexity index is 2390. The summed E-state index contributed by atoms with van der Waals surface area (Å²) < 4.78 is 77.5. The number of aliphatic hydroxyl groups excluding tert-OH is 1. The number of carbonyl (C=O) groups is 2. The number of amides is 2. The molecule has 1 saturated carbocycles. The molecule has 2 unspecified atom stereocenters. The molecule has 5 heterocycles. The summed E-state index contributed by atoms with van der Waals surface area (Å²) in [6, 6.07) is 12.1. The average Bonchev–Trinajstić information content (AvgIpc) is 3.60. The minimum absolute atomic E-state index is 0.0299. The highest BCUT2D eigenvalue weighted by molar-refractivity contribution is 6.12. The van der Waals surface area contributed by atoms with Gasteiger partial charge in [0.15, 0.2) is 28.5 Å². The second kappa shape index (κ2) is 16.5. The summed E-state index contributed by atoms with van der Waals surface area (Å²) in [4.78, 5) is 47.5. The predicted molar refractivity (Wildman–Crippen MR) is 217 cm³/mol. The zero-order valence-electron chi connectivity index (χ0n) is 34.8. The lowest BCUT2D eigenvalue weighted by atomic mass is 9.55. The van der Waals surface area contributed by atoms with E-state index in [2.05, 4.69) is 25.3 Å². The first-order chi connectivity index (χ1) is 28.8. The van der Waals surface area contributed by atoms with Crippen LogP contribution in [0.2, 0.25) is 0 Å². The fourth-order valence-corrected chi connectivity index (χ4v) is 8.21. The van der Waals surface area contributed by atoms with Gasteiger partial charge in [-0.1, -0.05) is 30.3 Å². The number of aliphatic hydroxyl groups is 1. The largest absolute Gasteiger partial charge is 0.494 e. The average molecular weight is 849 g/mol. The van der Waals surface area contributed by atoms with E-state index < -0.39 is 59.1 Å². The molecule has 2 saturated heterocycles. The number of aromatic nitrogens is 5. The number of rotatable bonds is 11. The molecule has 14 nitrogen and oxygen atoms in total. The van der Waals surface area contributed by atoms with Crippen LogP contribution in [0.25, 0.3) is 22.4 Å². The van der Waals surface area contributed by atoms with Gasteiger partial charge in [-0.15, -0.1) is 0 Å². The van der Waals surface area contributed by atoms with Gasteiger partial charge in [-0.3, -0.25) is 4.98 Å². The van der Waals surface area contributed by atoms with Crippen LogP contribution in [0.5, 0.6) is 5.75 Å². The van der Waals surface area contributed by atoms with Gasteiger partial charge in [0.2, 0.25) is 0 Å². The number of nitrogens with zero attached hydrogens (tertiary/aromatic N) is 7. The Morgan fingerprint density at radius 1 is 0.967 bits per heavy atom. The molecule has 5 aromatic rings. The lowest BCUT2D eigenvalue weighted by Gasteiger charge is -2.66. The Labute approximate surface area is 349 Å². The van der Waals surface area contributed by atoms with Gasteiger partial charge in [-0.05, 0) is 83.6 Å². The Morgan fingerprint density at radius 3 is 2.28 bits per heavy atom. The van der Waals surface area contributed by atoms with Crippen molar-refractivity contribution in [2.24, 2.45) is 5.92 Å². The van der Waals surface area contributed by atoms with Crippen molar-refractivity contribution in [2.45, 2.75) is 103 Å². The van der Waals surface area contributed by atoms with Gasteiger partial charge >= 0.3 is 12.2 Å². The van der Waals surface area contributed by atoms with Crippen LogP contribution >= 0.6 is 0 Å². The van der Waals surface area contributed by atoms with Crippen LogP contribution < -0.4 is 19.9 Å². The van der Waals surface area contributed by atoms with E-state index in [1.165, 1.54) is 19.6 Å². The standard InChI is InChI=1S/C43H48F4N8O6/c1-41(2,3)60-39(57)55(40(58)61-42(4,5)6)38-34-37(49-22-50-38)53(23-51-34)21-25-15-30(27-17-29(45)32(59-7)18-28(27)44)48-20-31(25)54-14-13-26-16-33(54)43(26,35(56)36(46)47)52-19-24-11-9-8-10-12-24/h8-12,15,17-18,20,22-23,26,33,35-36,52,56H,13-14,16,19,21H2,1-7H3/t26?,33?,35-,43-/m1/s1. The van der Waals surface area contributed by atoms with Crippen molar-refractivity contribution in [3.05, 3.63) is 90.1 Å². The quantitative estimate of drug-likeness (QED) is 0.125. The lowest BCUT2D eigenvalue weighted by Crippen LogP contribution is -2.81. The molecule has 61 heavy (non-hydrogen) atoms. The number of benzene rings is 2. The maximum absolute atomic E-state index is 15.6. The van der Waals surface area contributed by atoms with Crippen molar-refractivity contribution >= 4 is 34.9 Å². The SMILES string of the molecule is COc1cc(F)c(-c2cc(Cn3cnc4c(N(C(=O)OC(C)(C)C)C(=O)OC(C)(C)C)ncnc43)c(N3CCC4CC3[C@@]4(NCc3ccccc3)[C@H](O)C(F)F)cn2)cc1F. The molecule has 3 fully saturated rings. The number of carbonyl (C=O) groups excluding carboxylic acids is 2. The summed E-state index contributed by atoms with van der Waals surface area (Å²) in [6.45, 7) is 10.4. The molecular formula is C43H48F4N8O6. The molecule has 3 aromatic heterocycles. The highest BCUT2D eigenvalue weighted by Crippen LogP contribution is 2.53. The van der Waals surface area contributed by atoms with Crippen molar-refractivity contribution in [3.8, 4) is 17.0 Å². The maximum Gasteiger partial charge on any atom is 0.425 e. The number of alkyl halides is 2. The van der Waals surface area contributed by atoms with Crippen molar-refractivity contribution in [3.63, 3.8) is 0 Å². The highest BCUT2D eigenvalue weighted by Gasteiger charge is 2.65. The monoisotopic (exact) mass is 848 g/mol. The fraction of sp³-hybridized carbons (Fsp3) is 0.442. The molecule has 3 aliphatic rings. The first kappa shape index (κ1) is 43.2. The second-order valence-electron chi connectivity index (χ2n) is 17.2. The van der Waals surface area contributed by atoms with E-state index >= 15 is 8.78 Å². The predicted octanol–water partition coefficient (Wildman–Crippen LogP) is 7.65. The minimum Gasteiger partial charge on any atom is -0.494 e. The minimum atomic E-state index is -3.05. The van der Waals surface area contributed by atoms with Crippen LogP contribution in [0.4, 0.5) is 38.7 Å². The molecule has 8 rings (SSSR count). The van der Waals surface area contributed by atoms with E-state index in [0.29, 0.717) is 35.5 Å². The van der Waals surface area contributed by atoms with Crippen LogP contribution in [0.3, 0.4) is 0 Å². The third-order valence-corrected chi connectivity index (χ3v) is 10.9. The van der Waals surface area contributed by atoms with Crippen LogP contribution in [-0.4, -0.2) is 90.8 Å². The summed E-state index contributed by atoms with van der Waals surface area (Å²) in [5.74, 6) is -2.40. The first-order valence-corrected chi connectivity index (χ1v) is 19.8. The van der Waals surface area contributed by atoms with E-state index in [0.717, 1.165) is 24.0 Å². The number of imide groups is 1. The van der Waals surface area contributed by atoms with Crippen molar-refractivity contribution in [2.75, 3.05) is 23.5 Å². The molecule has 0 radical (unpaired) electrons. The fourth-order valence-electron chi connectivity index (χ4n) is 8.21. The van der Waals surface area contributed by atoms with Crippen LogP contribution in [0.1, 0.15) is 65.5 Å². The van der Waals surface area contributed by atoms with Crippen LogP contribution in [-0.2, 0) is 22.6 Å². The molecule has 324 valence electrons. The van der Waals surface area contributed by atoms with Gasteiger partial charge in [0.25, 0.3) is 6.43 Å². The Kier molecular flexibility index (Phi) is 11.7. The Morgan fingerprint density at radius 2 is 1.66 bits per heavy atom. The number of halogens is 4. The van der Waals surface area contributed by atoms with Gasteiger partial charge in [0.1, 0.15) is 29.5 Å². The number of hydrogen-bond acceptors (Lipinski definition) is 12. The molecule has 2 aliphatic heterocycles. The van der Waals surface area contributed by atoms with Gasteiger partial charge < -0.3 is 34.1 Å². The molecule has 4 atom stereocenters. The molecule has 2 aromatic carbocycles. The van der Waals surface area contributed by atoms with Crippen molar-refractivity contribution < 1.29 is 46.5 Å². The van der Waals surface area contributed by atoms with Gasteiger partial charge in [0, 0.05) is 24.7 Å². The zero-order chi connectivity index (χ0) is 44.0. The smallest absolute Gasteiger partial charge is 0.425 e. The Balaban J connectivity index is 1.33. The number of pyridine rings is 1. The van der Waals surface area contributed by atoms with Crippen molar-refractivity contribution in [1.29, 1.82) is 0 Å². The van der Waals surface area contributed by atoms with Gasteiger partial charge in [-0.25, -0.2) is 42.1 Å². The van der Waals surface area contributed by atoms with E-state index in [1.807, 2.05) is 35.2 Å². The lowest BCUT2D eigenvalue weighted by molar-refractivity contribution is -0.138. The third kappa shape index (κ3) is 8.55. The van der Waals surface area contributed by atoms with Gasteiger partial charge in [-0.2, -0.15) is 4.90 Å². The van der Waals surface area contributed by atoms with Crippen LogP contribution in [0, 0.1) is 17.6 Å². The van der Waals surface area contributed by atoms with E-state index in [-0.39, 0.29) is 53.0 Å². The number of nitrogens with one attached hydrogen (secondary N) is 1. The number of piperidine rings is 2.